The molecule has 1 aromatic carbocycles. The van der Waals surface area contributed by atoms with Gasteiger partial charge in [0, 0.05) is 33.1 Å². The number of imidazole rings is 1. The Bertz CT molecular complexity index is 1160. The molecular formula is C21H26N6O3. The molecule has 0 aliphatic carbocycles. The SMILES string of the molecule is Cn1c(NC(=O)CN2CCC[C@@H](Cc3nc4ccccc4[nH]3)C2)cc(=O)n(C)c1=O. The molecule has 4 rings (SSSR count). The second kappa shape index (κ2) is 8.27. The van der Waals surface area contributed by atoms with Crippen molar-refractivity contribution in [3.63, 3.8) is 0 Å². The lowest BCUT2D eigenvalue weighted by Crippen LogP contribution is -2.42. The average molecular weight is 410 g/mol. The summed E-state index contributed by atoms with van der Waals surface area (Å²) in [4.78, 5) is 46.6. The lowest BCUT2D eigenvalue weighted by Gasteiger charge is -2.31. The fraction of sp³-hybridized carbons (Fsp3) is 0.429. The first-order valence-corrected chi connectivity index (χ1v) is 10.1. The van der Waals surface area contributed by atoms with Crippen molar-refractivity contribution < 1.29 is 4.79 Å². The third-order valence-electron chi connectivity index (χ3n) is 5.68. The number of piperidine rings is 1. The van der Waals surface area contributed by atoms with Gasteiger partial charge in [-0.1, -0.05) is 12.1 Å². The van der Waals surface area contributed by atoms with Gasteiger partial charge in [0.15, 0.2) is 0 Å². The monoisotopic (exact) mass is 410 g/mol. The summed E-state index contributed by atoms with van der Waals surface area (Å²) >= 11 is 0. The van der Waals surface area contributed by atoms with E-state index in [1.165, 1.54) is 24.7 Å². The molecule has 0 bridgehead atoms. The van der Waals surface area contributed by atoms with Gasteiger partial charge in [-0.15, -0.1) is 0 Å². The Hall–Kier alpha value is -3.20. The molecule has 1 amide bonds. The van der Waals surface area contributed by atoms with Gasteiger partial charge in [-0.25, -0.2) is 9.78 Å². The summed E-state index contributed by atoms with van der Waals surface area (Å²) in [5.74, 6) is 1.37. The third kappa shape index (κ3) is 4.20. The molecule has 30 heavy (non-hydrogen) atoms. The summed E-state index contributed by atoms with van der Waals surface area (Å²) in [5.41, 5.74) is 1.09. The van der Waals surface area contributed by atoms with E-state index in [-0.39, 0.29) is 18.3 Å². The lowest BCUT2D eigenvalue weighted by molar-refractivity contribution is -0.117. The smallest absolute Gasteiger partial charge is 0.332 e. The van der Waals surface area contributed by atoms with E-state index < -0.39 is 11.2 Å². The summed E-state index contributed by atoms with van der Waals surface area (Å²) in [5, 5.41) is 2.70. The quantitative estimate of drug-likeness (QED) is 0.649. The van der Waals surface area contributed by atoms with E-state index in [1.807, 2.05) is 24.3 Å². The van der Waals surface area contributed by atoms with Crippen LogP contribution in [0.3, 0.4) is 0 Å². The minimum atomic E-state index is -0.471. The Balaban J connectivity index is 1.37. The van der Waals surface area contributed by atoms with Crippen LogP contribution in [0.2, 0.25) is 0 Å². The van der Waals surface area contributed by atoms with Crippen LogP contribution in [0.15, 0.2) is 39.9 Å². The number of likely N-dealkylation sites (tertiary alicyclic amines) is 1. The van der Waals surface area contributed by atoms with Gasteiger partial charge in [-0.05, 0) is 37.4 Å². The number of nitrogens with zero attached hydrogens (tertiary/aromatic N) is 4. The summed E-state index contributed by atoms with van der Waals surface area (Å²) in [6.45, 7) is 1.87. The van der Waals surface area contributed by atoms with Gasteiger partial charge in [-0.2, -0.15) is 0 Å². The number of carbonyl (C=O) groups excluding carboxylic acids is 1. The molecule has 0 unspecified atom stereocenters. The zero-order valence-electron chi connectivity index (χ0n) is 17.2. The van der Waals surface area contributed by atoms with Gasteiger partial charge in [0.25, 0.3) is 5.56 Å². The molecule has 3 heterocycles. The number of carbonyl (C=O) groups is 1. The van der Waals surface area contributed by atoms with Crippen LogP contribution >= 0.6 is 0 Å². The van der Waals surface area contributed by atoms with E-state index in [1.54, 1.807) is 0 Å². The summed E-state index contributed by atoms with van der Waals surface area (Å²) < 4.78 is 2.27. The minimum Gasteiger partial charge on any atom is -0.342 e. The normalized spacial score (nSPS) is 17.3. The van der Waals surface area contributed by atoms with Gasteiger partial charge in [0.2, 0.25) is 5.91 Å². The summed E-state index contributed by atoms with van der Waals surface area (Å²) in [6.07, 6.45) is 2.96. The standard InChI is InChI=1S/C21H26N6O3/c1-25-18(11-20(29)26(2)21(25)30)24-19(28)13-27-9-5-6-14(12-27)10-17-22-15-7-3-4-8-16(15)23-17/h3-4,7-8,11,14H,5-6,9-10,12-13H2,1-2H3,(H,22,23)(H,24,28)/t14-/m0/s1. The molecule has 9 heteroatoms. The van der Waals surface area contributed by atoms with Crippen LogP contribution < -0.4 is 16.6 Å². The van der Waals surface area contributed by atoms with Crippen molar-refractivity contribution in [1.82, 2.24) is 24.0 Å². The van der Waals surface area contributed by atoms with Gasteiger partial charge in [-0.3, -0.25) is 23.6 Å². The van der Waals surface area contributed by atoms with E-state index in [2.05, 4.69) is 20.2 Å². The number of fused-ring (bicyclic) bond motifs is 1. The molecule has 158 valence electrons. The molecule has 1 fully saturated rings. The van der Waals surface area contributed by atoms with Crippen molar-refractivity contribution in [2.24, 2.45) is 20.0 Å². The molecule has 2 N–H and O–H groups in total. The Labute approximate surface area is 173 Å². The number of benzene rings is 1. The van der Waals surface area contributed by atoms with E-state index >= 15 is 0 Å². The number of hydrogen-bond acceptors (Lipinski definition) is 5. The maximum absolute atomic E-state index is 12.5. The van der Waals surface area contributed by atoms with Gasteiger partial charge in [0.1, 0.15) is 11.6 Å². The number of amides is 1. The highest BCUT2D eigenvalue weighted by molar-refractivity contribution is 5.91. The van der Waals surface area contributed by atoms with Crippen LogP contribution in [0.4, 0.5) is 5.82 Å². The van der Waals surface area contributed by atoms with Crippen molar-refractivity contribution in [1.29, 1.82) is 0 Å². The van der Waals surface area contributed by atoms with Crippen LogP contribution in [-0.2, 0) is 25.3 Å². The number of rotatable bonds is 5. The van der Waals surface area contributed by atoms with Gasteiger partial charge < -0.3 is 10.3 Å². The van der Waals surface area contributed by atoms with Crippen molar-refractivity contribution in [2.45, 2.75) is 19.3 Å². The fourth-order valence-corrected chi connectivity index (χ4v) is 4.08. The predicted molar refractivity (Wildman–Crippen MR) is 115 cm³/mol. The topological polar surface area (TPSA) is 105 Å². The largest absolute Gasteiger partial charge is 0.342 e. The number of nitrogens with one attached hydrogen (secondary N) is 2. The maximum atomic E-state index is 12.5. The molecule has 1 aliphatic heterocycles. The van der Waals surface area contributed by atoms with E-state index in [0.29, 0.717) is 5.92 Å². The number of anilines is 1. The Kier molecular flexibility index (Phi) is 5.54. The van der Waals surface area contributed by atoms with Crippen LogP contribution in [0.25, 0.3) is 11.0 Å². The molecule has 0 spiro atoms. The van der Waals surface area contributed by atoms with Gasteiger partial charge >= 0.3 is 5.69 Å². The molecule has 0 radical (unpaired) electrons. The van der Waals surface area contributed by atoms with Crippen LogP contribution in [-0.4, -0.2) is 49.5 Å². The number of aromatic nitrogens is 4. The molecule has 1 aliphatic rings. The van der Waals surface area contributed by atoms with Crippen molar-refractivity contribution in [3.05, 3.63) is 57.0 Å². The second-order valence-corrected chi connectivity index (χ2v) is 7.96. The molecule has 3 aromatic rings. The highest BCUT2D eigenvalue weighted by Gasteiger charge is 2.23. The molecular weight excluding hydrogens is 384 g/mol. The number of H-pyrrole nitrogens is 1. The Morgan fingerprint density at radius 1 is 1.23 bits per heavy atom. The number of hydrogen-bond donors (Lipinski definition) is 2. The number of aromatic amines is 1. The molecule has 0 saturated carbocycles. The van der Waals surface area contributed by atoms with Gasteiger partial charge in [0.05, 0.1) is 17.6 Å². The van der Waals surface area contributed by atoms with Crippen molar-refractivity contribution in [2.75, 3.05) is 25.0 Å². The van der Waals surface area contributed by atoms with E-state index in [0.717, 1.165) is 53.8 Å². The zero-order valence-corrected chi connectivity index (χ0v) is 17.2. The van der Waals surface area contributed by atoms with Crippen LogP contribution in [0, 0.1) is 5.92 Å². The minimum absolute atomic E-state index is 0.212. The zero-order chi connectivity index (χ0) is 21.3. The van der Waals surface area contributed by atoms with E-state index in [9.17, 15) is 14.4 Å². The highest BCUT2D eigenvalue weighted by Crippen LogP contribution is 2.21. The fourth-order valence-electron chi connectivity index (χ4n) is 4.08. The highest BCUT2D eigenvalue weighted by atomic mass is 16.2. The van der Waals surface area contributed by atoms with Crippen LogP contribution in [0.1, 0.15) is 18.7 Å². The molecule has 1 saturated heterocycles. The molecule has 9 nitrogen and oxygen atoms in total. The Morgan fingerprint density at radius 2 is 2.03 bits per heavy atom. The molecule has 1 atom stereocenters. The van der Waals surface area contributed by atoms with E-state index in [4.69, 9.17) is 0 Å². The Morgan fingerprint density at radius 3 is 2.83 bits per heavy atom. The number of para-hydroxylation sites is 2. The predicted octanol–water partition coefficient (Wildman–Crippen LogP) is 0.854. The average Bonchev–Trinajstić information content (AvgIpc) is 3.13. The first-order valence-electron chi connectivity index (χ1n) is 10.1. The lowest BCUT2D eigenvalue weighted by atomic mass is 9.94. The second-order valence-electron chi connectivity index (χ2n) is 7.96. The third-order valence-corrected chi connectivity index (χ3v) is 5.68. The van der Waals surface area contributed by atoms with Crippen molar-refractivity contribution in [3.8, 4) is 0 Å². The summed E-state index contributed by atoms with van der Waals surface area (Å²) in [7, 11) is 2.94. The molecule has 2 aromatic heterocycles. The van der Waals surface area contributed by atoms with Crippen molar-refractivity contribution >= 4 is 22.8 Å². The summed E-state index contributed by atoms with van der Waals surface area (Å²) in [6, 6.07) is 9.25. The first-order chi connectivity index (χ1) is 14.4. The first kappa shape index (κ1) is 20.1. The maximum Gasteiger partial charge on any atom is 0.332 e. The van der Waals surface area contributed by atoms with Crippen LogP contribution in [0.5, 0.6) is 0 Å².